The van der Waals surface area contributed by atoms with E-state index in [4.69, 9.17) is 9.25 Å². The fraction of sp³-hybridized carbons (Fsp3) is 0.250. The molecule has 0 saturated carbocycles. The summed E-state index contributed by atoms with van der Waals surface area (Å²) in [5.41, 5.74) is 1.40. The molecule has 0 bridgehead atoms. The molecular weight excluding hydrogens is 348 g/mol. The lowest BCUT2D eigenvalue weighted by Crippen LogP contribution is -2.20. The number of aromatic hydroxyl groups is 1. The summed E-state index contributed by atoms with van der Waals surface area (Å²) >= 11 is 0. The summed E-state index contributed by atoms with van der Waals surface area (Å²) in [6.07, 6.45) is 3.95. The lowest BCUT2D eigenvalue weighted by Gasteiger charge is -2.21. The van der Waals surface area contributed by atoms with E-state index in [0.717, 1.165) is 5.56 Å². The van der Waals surface area contributed by atoms with Gasteiger partial charge in [-0.2, -0.15) is 0 Å². The molecule has 0 spiro atoms. The van der Waals surface area contributed by atoms with Gasteiger partial charge in [0.25, 0.3) is 0 Å². The Hall–Kier alpha value is -3.35. The van der Waals surface area contributed by atoms with E-state index < -0.39 is 11.5 Å². The van der Waals surface area contributed by atoms with Crippen molar-refractivity contribution in [1.29, 1.82) is 0 Å². The fourth-order valence-electron chi connectivity index (χ4n) is 3.29. The van der Waals surface area contributed by atoms with Crippen LogP contribution < -0.4 is 5.63 Å². The maximum Gasteiger partial charge on any atom is 0.343 e. The van der Waals surface area contributed by atoms with E-state index in [1.54, 1.807) is 19.1 Å². The van der Waals surface area contributed by atoms with E-state index in [1.807, 2.05) is 30.3 Å². The number of rotatable bonds is 5. The van der Waals surface area contributed by atoms with Crippen LogP contribution in [0.15, 0.2) is 55.9 Å². The van der Waals surface area contributed by atoms with Crippen LogP contribution in [0.5, 0.6) is 5.75 Å². The van der Waals surface area contributed by atoms with Crippen LogP contribution in [0.1, 0.15) is 48.1 Å². The first-order valence-corrected chi connectivity index (χ1v) is 8.46. The molecule has 1 aromatic heterocycles. The molecule has 140 valence electrons. The molecule has 1 unspecified atom stereocenters. The van der Waals surface area contributed by atoms with Crippen molar-refractivity contribution in [3.8, 4) is 5.75 Å². The summed E-state index contributed by atoms with van der Waals surface area (Å²) in [6.45, 7) is 1.78. The van der Waals surface area contributed by atoms with Crippen LogP contribution >= 0.6 is 0 Å². The summed E-state index contributed by atoms with van der Waals surface area (Å²) in [4.78, 5) is 17.6. The van der Waals surface area contributed by atoms with Gasteiger partial charge in [0.2, 0.25) is 0 Å². The van der Waals surface area contributed by atoms with E-state index in [2.05, 4.69) is 10.3 Å². The third-order valence-corrected chi connectivity index (χ3v) is 4.45. The van der Waals surface area contributed by atoms with E-state index in [1.165, 1.54) is 7.11 Å². The first-order valence-electron chi connectivity index (χ1n) is 8.46. The average molecular weight is 368 g/mol. The molecule has 7 nitrogen and oxygen atoms in total. The van der Waals surface area contributed by atoms with Gasteiger partial charge in [-0.3, -0.25) is 0 Å². The molecule has 0 radical (unpaired) electrons. The Morgan fingerprint density at radius 2 is 2.07 bits per heavy atom. The Morgan fingerprint density at radius 3 is 2.74 bits per heavy atom. The van der Waals surface area contributed by atoms with Crippen molar-refractivity contribution < 1.29 is 19.6 Å². The van der Waals surface area contributed by atoms with Crippen molar-refractivity contribution in [3.63, 3.8) is 0 Å². The third-order valence-electron chi connectivity index (χ3n) is 4.45. The van der Waals surface area contributed by atoms with Crippen molar-refractivity contribution in [2.75, 3.05) is 7.11 Å². The van der Waals surface area contributed by atoms with Crippen molar-refractivity contribution in [3.05, 3.63) is 69.3 Å². The molecule has 1 aliphatic carbocycles. The predicted octanol–water partition coefficient (Wildman–Crippen LogP) is 3.48. The molecule has 0 fully saturated rings. The van der Waals surface area contributed by atoms with Crippen molar-refractivity contribution in [2.24, 2.45) is 10.3 Å². The second-order valence-corrected chi connectivity index (χ2v) is 6.22. The second kappa shape index (κ2) is 7.90. The Morgan fingerprint density at radius 1 is 1.33 bits per heavy atom. The average Bonchev–Trinajstić information content (AvgIpc) is 2.67. The van der Waals surface area contributed by atoms with Gasteiger partial charge in [0.15, 0.2) is 0 Å². The molecule has 1 aromatic carbocycles. The molecule has 3 rings (SSSR count). The summed E-state index contributed by atoms with van der Waals surface area (Å²) in [5, 5.41) is 27.4. The molecule has 2 aromatic rings. The fourth-order valence-corrected chi connectivity index (χ4v) is 3.29. The van der Waals surface area contributed by atoms with Gasteiger partial charge in [0.05, 0.1) is 22.6 Å². The zero-order chi connectivity index (χ0) is 19.4. The maximum absolute atomic E-state index is 12.7. The minimum absolute atomic E-state index is 0.0991. The van der Waals surface area contributed by atoms with E-state index >= 15 is 0 Å². The number of hydrogen-bond acceptors (Lipinski definition) is 7. The van der Waals surface area contributed by atoms with E-state index in [0.29, 0.717) is 18.6 Å². The van der Waals surface area contributed by atoms with Crippen LogP contribution in [0.2, 0.25) is 0 Å². The molecule has 0 aliphatic heterocycles. The van der Waals surface area contributed by atoms with Crippen molar-refractivity contribution in [2.45, 2.75) is 25.7 Å². The number of benzene rings is 1. The van der Waals surface area contributed by atoms with Crippen LogP contribution in [0.25, 0.3) is 6.08 Å². The Kier molecular flexibility index (Phi) is 5.40. The van der Waals surface area contributed by atoms with Gasteiger partial charge >= 0.3 is 5.63 Å². The topological polar surface area (TPSA) is 105 Å². The molecule has 2 N–H and O–H groups in total. The standard InChI is InChI=1S/C20H20N2O5/c1-12(22-26-2)11-14(13-7-4-3-5-8-13)17-19(23)18-15(21-25)9-6-10-16(18)27-20(17)24/h3-8,10,14,23,25H,9,11H2,1-2H3. The minimum Gasteiger partial charge on any atom is -0.507 e. The highest BCUT2D eigenvalue weighted by Gasteiger charge is 2.30. The lowest BCUT2D eigenvalue weighted by molar-refractivity contribution is 0.212. The highest BCUT2D eigenvalue weighted by molar-refractivity contribution is 6.07. The molecular formula is C20H20N2O5. The smallest absolute Gasteiger partial charge is 0.343 e. The zero-order valence-electron chi connectivity index (χ0n) is 15.0. The van der Waals surface area contributed by atoms with Crippen molar-refractivity contribution >= 4 is 17.5 Å². The van der Waals surface area contributed by atoms with E-state index in [-0.39, 0.29) is 28.3 Å². The van der Waals surface area contributed by atoms with Gasteiger partial charge in [0.1, 0.15) is 18.6 Å². The Bertz CT molecular complexity index is 974. The molecule has 27 heavy (non-hydrogen) atoms. The van der Waals surface area contributed by atoms with Crippen LogP contribution in [-0.2, 0) is 4.84 Å². The Balaban J connectivity index is 2.22. The van der Waals surface area contributed by atoms with Crippen molar-refractivity contribution in [1.82, 2.24) is 0 Å². The number of oxime groups is 2. The highest BCUT2D eigenvalue weighted by atomic mass is 16.6. The van der Waals surface area contributed by atoms with E-state index in [9.17, 15) is 15.1 Å². The first kappa shape index (κ1) is 18.4. The highest BCUT2D eigenvalue weighted by Crippen LogP contribution is 2.37. The van der Waals surface area contributed by atoms with Gasteiger partial charge in [-0.15, -0.1) is 0 Å². The molecule has 7 heteroatoms. The van der Waals surface area contributed by atoms with Crippen LogP contribution in [0, 0.1) is 0 Å². The van der Waals surface area contributed by atoms with Gasteiger partial charge < -0.3 is 19.6 Å². The number of nitrogens with zero attached hydrogens (tertiary/aromatic N) is 2. The van der Waals surface area contributed by atoms with Gasteiger partial charge in [-0.25, -0.2) is 4.79 Å². The molecule has 1 aliphatic rings. The zero-order valence-corrected chi connectivity index (χ0v) is 15.0. The summed E-state index contributed by atoms with van der Waals surface area (Å²) in [6, 6.07) is 9.30. The second-order valence-electron chi connectivity index (χ2n) is 6.22. The van der Waals surface area contributed by atoms with Crippen LogP contribution in [0.3, 0.4) is 0 Å². The number of allylic oxidation sites excluding steroid dienone is 1. The van der Waals surface area contributed by atoms with Crippen LogP contribution in [0.4, 0.5) is 0 Å². The number of hydrogen-bond donors (Lipinski definition) is 2. The normalized spacial score (nSPS) is 16.2. The first-order chi connectivity index (χ1) is 13.1. The monoisotopic (exact) mass is 368 g/mol. The quantitative estimate of drug-likeness (QED) is 0.477. The maximum atomic E-state index is 12.7. The lowest BCUT2D eigenvalue weighted by atomic mass is 9.85. The molecule has 0 saturated heterocycles. The summed E-state index contributed by atoms with van der Waals surface area (Å²) < 4.78 is 5.42. The third kappa shape index (κ3) is 3.62. The summed E-state index contributed by atoms with van der Waals surface area (Å²) in [5.74, 6) is -0.565. The van der Waals surface area contributed by atoms with Gasteiger partial charge in [-0.1, -0.05) is 46.7 Å². The molecule has 1 atom stereocenters. The molecule has 1 heterocycles. The largest absolute Gasteiger partial charge is 0.507 e. The molecule has 0 amide bonds. The Labute approximate surface area is 155 Å². The summed E-state index contributed by atoms with van der Waals surface area (Å²) in [7, 11) is 1.45. The van der Waals surface area contributed by atoms with Gasteiger partial charge in [-0.05, 0) is 18.6 Å². The predicted molar refractivity (Wildman–Crippen MR) is 102 cm³/mol. The number of fused-ring (bicyclic) bond motifs is 1. The van der Waals surface area contributed by atoms with Crippen LogP contribution in [-0.4, -0.2) is 28.8 Å². The SMILES string of the molecule is CON=C(C)CC(c1ccccc1)c1c(O)c2c(oc1=O)C=CCC2=NO. The minimum atomic E-state index is -0.644. The van der Waals surface area contributed by atoms with Gasteiger partial charge in [0, 0.05) is 18.8 Å².